The zero-order valence-corrected chi connectivity index (χ0v) is 16.3. The molecule has 0 amide bonds. The molecule has 4 nitrogen and oxygen atoms in total. The Labute approximate surface area is 161 Å². The minimum absolute atomic E-state index is 0.209. The van der Waals surface area contributed by atoms with Gasteiger partial charge >= 0.3 is 0 Å². The Kier molecular flexibility index (Phi) is 8.48. The Morgan fingerprint density at radius 2 is 1.28 bits per heavy atom. The van der Waals surface area contributed by atoms with Gasteiger partial charge in [-0.15, -0.1) is 0 Å². The summed E-state index contributed by atoms with van der Waals surface area (Å²) in [5.41, 5.74) is 8.93. The van der Waals surface area contributed by atoms with Gasteiger partial charge in [-0.1, -0.05) is 24.3 Å². The average molecular weight is 378 g/mol. The van der Waals surface area contributed by atoms with E-state index in [4.69, 9.17) is 10.5 Å². The van der Waals surface area contributed by atoms with Crippen LogP contribution < -0.4 is 21.1 Å². The van der Waals surface area contributed by atoms with E-state index in [1.54, 1.807) is 7.11 Å². The third-order valence-electron chi connectivity index (χ3n) is 4.13. The van der Waals surface area contributed by atoms with Crippen LogP contribution in [-0.4, -0.2) is 31.7 Å². The second-order valence-corrected chi connectivity index (χ2v) is 6.55. The van der Waals surface area contributed by atoms with Crippen molar-refractivity contribution in [2.24, 2.45) is 0 Å². The standard InChI is InChI=1S/C19H27N3OS2/c1-23-17-8-4-15(5-9-17)19(13-25)22-11-10-21-18(12-24)14-2-6-16(20)7-3-14/h2-9,18-19,21-22,24-25H,10-13,20H2,1H3. The average Bonchev–Trinajstić information content (AvgIpc) is 2.66. The largest absolute Gasteiger partial charge is 0.497 e. The highest BCUT2D eigenvalue weighted by molar-refractivity contribution is 7.80. The Bertz CT molecular complexity index is 620. The molecule has 0 fully saturated rings. The van der Waals surface area contributed by atoms with E-state index in [-0.39, 0.29) is 12.1 Å². The summed E-state index contributed by atoms with van der Waals surface area (Å²) in [6.45, 7) is 1.69. The van der Waals surface area contributed by atoms with Crippen molar-refractivity contribution in [2.75, 3.05) is 37.4 Å². The van der Waals surface area contributed by atoms with E-state index in [0.717, 1.165) is 36.0 Å². The third kappa shape index (κ3) is 6.15. The van der Waals surface area contributed by atoms with Crippen LogP contribution in [0.5, 0.6) is 5.75 Å². The zero-order chi connectivity index (χ0) is 18.1. The predicted molar refractivity (Wildman–Crippen MR) is 113 cm³/mol. The number of rotatable bonds is 10. The molecule has 2 unspecified atom stereocenters. The van der Waals surface area contributed by atoms with Crippen LogP contribution in [0, 0.1) is 0 Å². The van der Waals surface area contributed by atoms with Gasteiger partial charge in [-0.05, 0) is 35.4 Å². The summed E-state index contributed by atoms with van der Waals surface area (Å²) in [5.74, 6) is 2.34. The topological polar surface area (TPSA) is 59.3 Å². The van der Waals surface area contributed by atoms with Crippen LogP contribution in [0.3, 0.4) is 0 Å². The molecule has 2 atom stereocenters. The number of hydrogen-bond acceptors (Lipinski definition) is 6. The van der Waals surface area contributed by atoms with Gasteiger partial charge < -0.3 is 21.1 Å². The minimum atomic E-state index is 0.209. The molecule has 0 spiro atoms. The predicted octanol–water partition coefficient (Wildman–Crippen LogP) is 3.10. The number of benzene rings is 2. The molecule has 136 valence electrons. The Balaban J connectivity index is 1.82. The zero-order valence-electron chi connectivity index (χ0n) is 14.5. The van der Waals surface area contributed by atoms with Crippen LogP contribution in [0.25, 0.3) is 0 Å². The van der Waals surface area contributed by atoms with E-state index in [0.29, 0.717) is 0 Å². The maximum Gasteiger partial charge on any atom is 0.118 e. The maximum atomic E-state index is 5.75. The number of ether oxygens (including phenoxy) is 1. The van der Waals surface area contributed by atoms with Crippen molar-refractivity contribution in [1.82, 2.24) is 10.6 Å². The molecule has 2 aromatic carbocycles. The Morgan fingerprint density at radius 1 is 0.840 bits per heavy atom. The minimum Gasteiger partial charge on any atom is -0.497 e. The number of thiol groups is 2. The lowest BCUT2D eigenvalue weighted by molar-refractivity contribution is 0.414. The second kappa shape index (κ2) is 10.6. The summed E-state index contributed by atoms with van der Waals surface area (Å²) >= 11 is 8.92. The van der Waals surface area contributed by atoms with Gasteiger partial charge in [0.1, 0.15) is 5.75 Å². The SMILES string of the molecule is COc1ccc(C(CS)NCCNC(CS)c2ccc(N)cc2)cc1. The first kappa shape index (κ1) is 20.0. The van der Waals surface area contributed by atoms with Gasteiger partial charge in [0.2, 0.25) is 0 Å². The summed E-state index contributed by atoms with van der Waals surface area (Å²) < 4.78 is 5.20. The lowest BCUT2D eigenvalue weighted by Crippen LogP contribution is -2.33. The molecule has 0 radical (unpaired) electrons. The highest BCUT2D eigenvalue weighted by atomic mass is 32.1. The molecule has 6 heteroatoms. The fraction of sp³-hybridized carbons (Fsp3) is 0.368. The molecule has 4 N–H and O–H groups in total. The first-order valence-electron chi connectivity index (χ1n) is 8.35. The normalized spacial score (nSPS) is 13.4. The van der Waals surface area contributed by atoms with Crippen molar-refractivity contribution < 1.29 is 4.74 Å². The van der Waals surface area contributed by atoms with Gasteiger partial charge in [0.15, 0.2) is 0 Å². The van der Waals surface area contributed by atoms with E-state index in [9.17, 15) is 0 Å². The van der Waals surface area contributed by atoms with Gasteiger partial charge in [-0.25, -0.2) is 0 Å². The summed E-state index contributed by atoms with van der Waals surface area (Å²) in [5, 5.41) is 7.07. The Hall–Kier alpha value is -1.34. The van der Waals surface area contributed by atoms with Gasteiger partial charge in [0.05, 0.1) is 7.11 Å². The van der Waals surface area contributed by atoms with E-state index >= 15 is 0 Å². The van der Waals surface area contributed by atoms with Crippen molar-refractivity contribution in [3.05, 3.63) is 59.7 Å². The molecule has 0 aromatic heterocycles. The second-order valence-electron chi connectivity index (χ2n) is 5.82. The number of nitrogens with one attached hydrogen (secondary N) is 2. The van der Waals surface area contributed by atoms with E-state index in [2.05, 4.69) is 48.0 Å². The lowest BCUT2D eigenvalue weighted by atomic mass is 10.1. The number of nitrogen functional groups attached to an aromatic ring is 1. The smallest absolute Gasteiger partial charge is 0.118 e. The van der Waals surface area contributed by atoms with Gasteiger partial charge in [0.25, 0.3) is 0 Å². The third-order valence-corrected chi connectivity index (χ3v) is 4.86. The molecule has 0 saturated heterocycles. The van der Waals surface area contributed by atoms with E-state index in [1.807, 2.05) is 36.4 Å². The number of nitrogens with two attached hydrogens (primary N) is 1. The molecule has 2 aromatic rings. The molecule has 2 rings (SSSR count). The fourth-order valence-corrected chi connectivity index (χ4v) is 3.31. The van der Waals surface area contributed by atoms with E-state index in [1.165, 1.54) is 11.1 Å². The van der Waals surface area contributed by atoms with Gasteiger partial charge in [-0.3, -0.25) is 0 Å². The van der Waals surface area contributed by atoms with E-state index < -0.39 is 0 Å². The summed E-state index contributed by atoms with van der Waals surface area (Å²) in [6.07, 6.45) is 0. The lowest BCUT2D eigenvalue weighted by Gasteiger charge is -2.20. The molecule has 0 bridgehead atoms. The van der Waals surface area contributed by atoms with Crippen LogP contribution in [0.2, 0.25) is 0 Å². The quantitative estimate of drug-likeness (QED) is 0.251. The van der Waals surface area contributed by atoms with Crippen molar-refractivity contribution in [3.63, 3.8) is 0 Å². The molecule has 0 heterocycles. The molecule has 0 aliphatic rings. The molecule has 0 aliphatic carbocycles. The van der Waals surface area contributed by atoms with Crippen LogP contribution in [0.1, 0.15) is 23.2 Å². The summed E-state index contributed by atoms with van der Waals surface area (Å²) in [7, 11) is 1.67. The summed E-state index contributed by atoms with van der Waals surface area (Å²) in [6, 6.07) is 16.5. The van der Waals surface area contributed by atoms with Crippen LogP contribution in [0.15, 0.2) is 48.5 Å². The molecular weight excluding hydrogens is 350 g/mol. The van der Waals surface area contributed by atoms with Crippen LogP contribution in [0.4, 0.5) is 5.69 Å². The first-order chi connectivity index (χ1) is 12.2. The Morgan fingerprint density at radius 3 is 1.68 bits per heavy atom. The van der Waals surface area contributed by atoms with Crippen molar-refractivity contribution >= 4 is 30.9 Å². The van der Waals surface area contributed by atoms with Crippen LogP contribution >= 0.6 is 25.3 Å². The first-order valence-corrected chi connectivity index (χ1v) is 9.62. The van der Waals surface area contributed by atoms with Gasteiger partial charge in [-0.2, -0.15) is 25.3 Å². The number of hydrogen-bond donors (Lipinski definition) is 5. The van der Waals surface area contributed by atoms with Crippen LogP contribution in [-0.2, 0) is 0 Å². The molecular formula is C19H27N3OS2. The fourth-order valence-electron chi connectivity index (χ4n) is 2.63. The highest BCUT2D eigenvalue weighted by Crippen LogP contribution is 2.19. The monoisotopic (exact) mass is 377 g/mol. The number of anilines is 1. The highest BCUT2D eigenvalue weighted by Gasteiger charge is 2.11. The van der Waals surface area contributed by atoms with Crippen molar-refractivity contribution in [2.45, 2.75) is 12.1 Å². The maximum absolute atomic E-state index is 5.75. The molecule has 0 aliphatic heterocycles. The molecule has 25 heavy (non-hydrogen) atoms. The number of methoxy groups -OCH3 is 1. The molecule has 0 saturated carbocycles. The van der Waals surface area contributed by atoms with Crippen molar-refractivity contribution in [3.8, 4) is 5.75 Å². The van der Waals surface area contributed by atoms with Crippen molar-refractivity contribution in [1.29, 1.82) is 0 Å². The summed E-state index contributed by atoms with van der Waals surface area (Å²) in [4.78, 5) is 0. The van der Waals surface area contributed by atoms with Gasteiger partial charge in [0, 0.05) is 42.4 Å².